The van der Waals surface area contributed by atoms with Crippen LogP contribution in [-0.4, -0.2) is 32.4 Å². The standard InChI is InChI=1S/C15H22N2O2/c1-10-11(8-9-16-2)14-12(18-4)6-7-13(19-5)15(14)17(10)3/h6-7,16H,8-9H2,1-5H3. The molecule has 2 rings (SSSR count). The second-order valence-corrected chi connectivity index (χ2v) is 4.67. The van der Waals surface area contributed by atoms with Crippen LogP contribution < -0.4 is 14.8 Å². The van der Waals surface area contributed by atoms with Gasteiger partial charge in [0.25, 0.3) is 0 Å². The lowest BCUT2D eigenvalue weighted by atomic mass is 10.1. The zero-order valence-electron chi connectivity index (χ0n) is 12.3. The number of hydrogen-bond acceptors (Lipinski definition) is 3. The molecule has 1 aromatic heterocycles. The topological polar surface area (TPSA) is 35.4 Å². The van der Waals surface area contributed by atoms with E-state index in [1.54, 1.807) is 14.2 Å². The molecule has 19 heavy (non-hydrogen) atoms. The van der Waals surface area contributed by atoms with Crippen LogP contribution >= 0.6 is 0 Å². The Morgan fingerprint density at radius 3 is 2.37 bits per heavy atom. The van der Waals surface area contributed by atoms with Gasteiger partial charge in [-0.2, -0.15) is 0 Å². The van der Waals surface area contributed by atoms with Crippen LogP contribution in [0.15, 0.2) is 12.1 Å². The molecule has 2 aromatic rings. The SMILES string of the molecule is CNCCc1c(C)n(C)c2c(OC)ccc(OC)c12. The molecule has 0 fully saturated rings. The van der Waals surface area contributed by atoms with Crippen molar-refractivity contribution in [3.63, 3.8) is 0 Å². The van der Waals surface area contributed by atoms with Crippen LogP contribution in [0.3, 0.4) is 0 Å². The van der Waals surface area contributed by atoms with Crippen molar-refractivity contribution in [1.82, 2.24) is 9.88 Å². The number of nitrogens with zero attached hydrogens (tertiary/aromatic N) is 1. The monoisotopic (exact) mass is 262 g/mol. The fourth-order valence-electron chi connectivity index (χ4n) is 2.62. The van der Waals surface area contributed by atoms with Gasteiger partial charge in [-0.3, -0.25) is 0 Å². The molecule has 1 heterocycles. The maximum atomic E-state index is 5.53. The largest absolute Gasteiger partial charge is 0.496 e. The van der Waals surface area contributed by atoms with E-state index in [9.17, 15) is 0 Å². The quantitative estimate of drug-likeness (QED) is 0.898. The summed E-state index contributed by atoms with van der Waals surface area (Å²) < 4.78 is 13.2. The predicted molar refractivity (Wildman–Crippen MR) is 78.4 cm³/mol. The summed E-state index contributed by atoms with van der Waals surface area (Å²) in [6, 6.07) is 3.94. The summed E-state index contributed by atoms with van der Waals surface area (Å²) in [6.07, 6.45) is 0.975. The van der Waals surface area contributed by atoms with Crippen molar-refractivity contribution >= 4 is 10.9 Å². The number of methoxy groups -OCH3 is 2. The number of benzene rings is 1. The highest BCUT2D eigenvalue weighted by Gasteiger charge is 2.18. The highest BCUT2D eigenvalue weighted by Crippen LogP contribution is 2.38. The second-order valence-electron chi connectivity index (χ2n) is 4.67. The molecule has 1 aromatic carbocycles. The van der Waals surface area contributed by atoms with E-state index in [-0.39, 0.29) is 0 Å². The third-order valence-corrected chi connectivity index (χ3v) is 3.74. The number of aryl methyl sites for hydroxylation is 1. The predicted octanol–water partition coefficient (Wildman–Crippen LogP) is 2.27. The number of nitrogens with one attached hydrogen (secondary N) is 1. The zero-order valence-corrected chi connectivity index (χ0v) is 12.3. The van der Waals surface area contributed by atoms with Crippen molar-refractivity contribution in [3.8, 4) is 11.5 Å². The van der Waals surface area contributed by atoms with Crippen LogP contribution in [0.5, 0.6) is 11.5 Å². The van der Waals surface area contributed by atoms with Crippen molar-refractivity contribution < 1.29 is 9.47 Å². The molecule has 104 valence electrons. The minimum absolute atomic E-state index is 0.886. The number of aromatic nitrogens is 1. The minimum Gasteiger partial charge on any atom is -0.496 e. The third-order valence-electron chi connectivity index (χ3n) is 3.74. The number of fused-ring (bicyclic) bond motifs is 1. The van der Waals surface area contributed by atoms with E-state index in [0.29, 0.717) is 0 Å². The molecular weight excluding hydrogens is 240 g/mol. The average molecular weight is 262 g/mol. The minimum atomic E-state index is 0.886. The van der Waals surface area contributed by atoms with Gasteiger partial charge in [0.15, 0.2) is 0 Å². The van der Waals surface area contributed by atoms with Gasteiger partial charge in [-0.25, -0.2) is 0 Å². The van der Waals surface area contributed by atoms with E-state index < -0.39 is 0 Å². The van der Waals surface area contributed by atoms with Crippen molar-refractivity contribution in [2.45, 2.75) is 13.3 Å². The highest BCUT2D eigenvalue weighted by atomic mass is 16.5. The Morgan fingerprint density at radius 2 is 1.79 bits per heavy atom. The summed E-state index contributed by atoms with van der Waals surface area (Å²) in [5, 5.41) is 4.37. The molecule has 0 bridgehead atoms. The maximum absolute atomic E-state index is 5.53. The van der Waals surface area contributed by atoms with E-state index in [4.69, 9.17) is 9.47 Å². The van der Waals surface area contributed by atoms with E-state index in [1.165, 1.54) is 11.3 Å². The van der Waals surface area contributed by atoms with E-state index >= 15 is 0 Å². The number of ether oxygens (including phenoxy) is 2. The second kappa shape index (κ2) is 5.53. The number of rotatable bonds is 5. The van der Waals surface area contributed by atoms with E-state index in [2.05, 4.69) is 23.9 Å². The lowest BCUT2D eigenvalue weighted by Crippen LogP contribution is -2.11. The fraction of sp³-hybridized carbons (Fsp3) is 0.467. The highest BCUT2D eigenvalue weighted by molar-refractivity contribution is 5.95. The Bertz CT molecular complexity index is 588. The van der Waals surface area contributed by atoms with Gasteiger partial charge in [-0.1, -0.05) is 0 Å². The van der Waals surface area contributed by atoms with Crippen LogP contribution in [0.2, 0.25) is 0 Å². The summed E-state index contributed by atoms with van der Waals surface area (Å²) in [7, 11) is 7.46. The van der Waals surface area contributed by atoms with Gasteiger partial charge >= 0.3 is 0 Å². The molecule has 0 saturated carbocycles. The van der Waals surface area contributed by atoms with Crippen LogP contribution in [0.1, 0.15) is 11.3 Å². The first-order chi connectivity index (χ1) is 9.15. The number of likely N-dealkylation sites (N-methyl/N-ethyl adjacent to an activating group) is 1. The van der Waals surface area contributed by atoms with Gasteiger partial charge in [-0.15, -0.1) is 0 Å². The lowest BCUT2D eigenvalue weighted by Gasteiger charge is -2.09. The Hall–Kier alpha value is -1.68. The molecule has 4 nitrogen and oxygen atoms in total. The van der Waals surface area contributed by atoms with E-state index in [1.807, 2.05) is 19.2 Å². The van der Waals surface area contributed by atoms with Gasteiger partial charge < -0.3 is 19.4 Å². The normalized spacial score (nSPS) is 11.0. The Labute approximate surface area is 114 Å². The Balaban J connectivity index is 2.76. The van der Waals surface area contributed by atoms with E-state index in [0.717, 1.165) is 35.4 Å². The molecule has 0 spiro atoms. The fourth-order valence-corrected chi connectivity index (χ4v) is 2.62. The van der Waals surface area contributed by atoms with Crippen LogP contribution in [0.25, 0.3) is 10.9 Å². The molecule has 0 aliphatic rings. The van der Waals surface area contributed by atoms with Crippen molar-refractivity contribution in [2.24, 2.45) is 7.05 Å². The smallest absolute Gasteiger partial charge is 0.143 e. The first-order valence-electron chi connectivity index (χ1n) is 6.49. The molecule has 0 radical (unpaired) electrons. The first kappa shape index (κ1) is 13.7. The lowest BCUT2D eigenvalue weighted by molar-refractivity contribution is 0.409. The van der Waals surface area contributed by atoms with Gasteiger partial charge in [0.1, 0.15) is 11.5 Å². The van der Waals surface area contributed by atoms with Crippen LogP contribution in [0.4, 0.5) is 0 Å². The van der Waals surface area contributed by atoms with Gasteiger partial charge in [0, 0.05) is 18.1 Å². The summed E-state index contributed by atoms with van der Waals surface area (Å²) in [5.41, 5.74) is 3.68. The molecular formula is C15H22N2O2. The molecule has 0 saturated heterocycles. The summed E-state index contributed by atoms with van der Waals surface area (Å²) in [4.78, 5) is 0. The zero-order chi connectivity index (χ0) is 14.0. The maximum Gasteiger partial charge on any atom is 0.143 e. The summed E-state index contributed by atoms with van der Waals surface area (Å²) >= 11 is 0. The molecule has 4 heteroatoms. The van der Waals surface area contributed by atoms with Crippen LogP contribution in [-0.2, 0) is 13.5 Å². The third kappa shape index (κ3) is 2.16. The molecule has 0 unspecified atom stereocenters. The average Bonchev–Trinajstić information content (AvgIpc) is 2.69. The Kier molecular flexibility index (Phi) is 4.00. The van der Waals surface area contributed by atoms with Gasteiger partial charge in [0.05, 0.1) is 19.7 Å². The van der Waals surface area contributed by atoms with Crippen molar-refractivity contribution in [2.75, 3.05) is 27.8 Å². The summed E-state index contributed by atoms with van der Waals surface area (Å²) in [5.74, 6) is 1.79. The summed E-state index contributed by atoms with van der Waals surface area (Å²) in [6.45, 7) is 3.09. The van der Waals surface area contributed by atoms with Crippen molar-refractivity contribution in [3.05, 3.63) is 23.4 Å². The van der Waals surface area contributed by atoms with Gasteiger partial charge in [0.2, 0.25) is 0 Å². The van der Waals surface area contributed by atoms with Gasteiger partial charge in [-0.05, 0) is 44.6 Å². The Morgan fingerprint density at radius 1 is 1.16 bits per heavy atom. The van der Waals surface area contributed by atoms with Crippen LogP contribution in [0, 0.1) is 6.92 Å². The first-order valence-corrected chi connectivity index (χ1v) is 6.49. The molecule has 0 amide bonds. The number of hydrogen-bond donors (Lipinski definition) is 1. The molecule has 0 atom stereocenters. The molecule has 0 aliphatic heterocycles. The molecule has 1 N–H and O–H groups in total. The van der Waals surface area contributed by atoms with Crippen molar-refractivity contribution in [1.29, 1.82) is 0 Å². The molecule has 0 aliphatic carbocycles.